The van der Waals surface area contributed by atoms with Crippen LogP contribution in [-0.2, 0) is 0 Å². The molecule has 3 nitrogen and oxygen atoms in total. The van der Waals surface area contributed by atoms with E-state index in [0.29, 0.717) is 6.04 Å². The van der Waals surface area contributed by atoms with Crippen LogP contribution in [0.4, 0.5) is 0 Å². The van der Waals surface area contributed by atoms with Crippen molar-refractivity contribution in [3.8, 4) is 0 Å². The van der Waals surface area contributed by atoms with Crippen molar-refractivity contribution in [2.75, 3.05) is 13.1 Å². The monoisotopic (exact) mass is 344 g/mol. The highest BCUT2D eigenvalue weighted by molar-refractivity contribution is 9.11. The lowest BCUT2D eigenvalue weighted by Gasteiger charge is -2.33. The van der Waals surface area contributed by atoms with Crippen molar-refractivity contribution in [2.24, 2.45) is 0 Å². The maximum atomic E-state index is 12.6. The summed E-state index contributed by atoms with van der Waals surface area (Å²) in [5.41, 5.74) is 0. The van der Waals surface area contributed by atoms with Gasteiger partial charge in [0.2, 0.25) is 0 Å². The summed E-state index contributed by atoms with van der Waals surface area (Å²) < 4.78 is 1.01. The number of carbonyl (C=O) groups is 1. The average Bonchev–Trinajstić information content (AvgIpc) is 2.83. The van der Waals surface area contributed by atoms with Crippen LogP contribution < -0.4 is 5.32 Å². The number of hydrogen-bond donors (Lipinski definition) is 1. The second-order valence-corrected chi connectivity index (χ2v) is 7.76. The number of thiophene rings is 1. The zero-order valence-electron chi connectivity index (χ0n) is 11.5. The van der Waals surface area contributed by atoms with E-state index in [0.717, 1.165) is 21.8 Å². The normalized spacial score (nSPS) is 19.7. The van der Waals surface area contributed by atoms with Crippen LogP contribution in [0.1, 0.15) is 42.8 Å². The molecular formula is C14H21BrN2OS. The smallest absolute Gasteiger partial charge is 0.264 e. The molecule has 106 valence electrons. The Morgan fingerprint density at radius 1 is 1.53 bits per heavy atom. The van der Waals surface area contributed by atoms with Crippen LogP contribution in [-0.4, -0.2) is 36.0 Å². The molecule has 1 unspecified atom stereocenters. The van der Waals surface area contributed by atoms with Gasteiger partial charge in [-0.1, -0.05) is 6.42 Å². The minimum atomic E-state index is 0.151. The van der Waals surface area contributed by atoms with Crippen molar-refractivity contribution >= 4 is 33.2 Å². The molecule has 1 aromatic heterocycles. The zero-order valence-corrected chi connectivity index (χ0v) is 13.9. The van der Waals surface area contributed by atoms with Crippen LogP contribution in [0, 0.1) is 0 Å². The van der Waals surface area contributed by atoms with Crippen LogP contribution in [0.3, 0.4) is 0 Å². The molecule has 0 aliphatic carbocycles. The average molecular weight is 345 g/mol. The van der Waals surface area contributed by atoms with Crippen molar-refractivity contribution in [3.05, 3.63) is 20.8 Å². The van der Waals surface area contributed by atoms with Gasteiger partial charge in [-0.05, 0) is 61.3 Å². The molecule has 2 heterocycles. The van der Waals surface area contributed by atoms with Gasteiger partial charge in [-0.15, -0.1) is 11.3 Å². The first-order chi connectivity index (χ1) is 9.08. The van der Waals surface area contributed by atoms with Gasteiger partial charge in [-0.2, -0.15) is 0 Å². The minimum absolute atomic E-state index is 0.151. The van der Waals surface area contributed by atoms with E-state index >= 15 is 0 Å². The molecule has 0 bridgehead atoms. The van der Waals surface area contributed by atoms with E-state index in [2.05, 4.69) is 35.1 Å². The molecule has 1 aliphatic rings. The highest BCUT2D eigenvalue weighted by Gasteiger charge is 2.24. The maximum Gasteiger partial charge on any atom is 0.264 e. The van der Waals surface area contributed by atoms with Gasteiger partial charge in [-0.3, -0.25) is 4.79 Å². The summed E-state index contributed by atoms with van der Waals surface area (Å²) >= 11 is 4.93. The molecule has 19 heavy (non-hydrogen) atoms. The maximum absolute atomic E-state index is 12.6. The predicted molar refractivity (Wildman–Crippen MR) is 83.8 cm³/mol. The highest BCUT2D eigenvalue weighted by atomic mass is 79.9. The standard InChI is InChI=1S/C14H21BrN2OS/c1-10(2)17(9-11-5-3-4-8-16-11)14(18)12-6-7-13(15)19-12/h6-7,10-11,16H,3-5,8-9H2,1-2H3. The Bertz CT molecular complexity index is 427. The number of hydrogen-bond acceptors (Lipinski definition) is 3. The Balaban J connectivity index is 2.04. The molecule has 1 saturated heterocycles. The molecule has 0 aromatic carbocycles. The van der Waals surface area contributed by atoms with E-state index in [-0.39, 0.29) is 11.9 Å². The first-order valence-electron chi connectivity index (χ1n) is 6.87. The van der Waals surface area contributed by atoms with E-state index < -0.39 is 0 Å². The molecule has 1 aromatic rings. The summed E-state index contributed by atoms with van der Waals surface area (Å²) in [5.74, 6) is 0.151. The lowest BCUT2D eigenvalue weighted by Crippen LogP contribution is -2.48. The van der Waals surface area contributed by atoms with Crippen LogP contribution in [0.15, 0.2) is 15.9 Å². The SMILES string of the molecule is CC(C)N(CC1CCCCN1)C(=O)c1ccc(Br)s1. The van der Waals surface area contributed by atoms with Gasteiger partial charge in [0.15, 0.2) is 0 Å². The minimum Gasteiger partial charge on any atom is -0.334 e. The number of carbonyl (C=O) groups excluding carboxylic acids is 1. The van der Waals surface area contributed by atoms with E-state index in [1.165, 1.54) is 30.6 Å². The molecular weight excluding hydrogens is 324 g/mol. The fourth-order valence-electron chi connectivity index (χ4n) is 2.42. The summed E-state index contributed by atoms with van der Waals surface area (Å²) in [6, 6.07) is 4.52. The Morgan fingerprint density at radius 2 is 2.32 bits per heavy atom. The van der Waals surface area contributed by atoms with Gasteiger partial charge in [0.25, 0.3) is 5.91 Å². The van der Waals surface area contributed by atoms with Crippen molar-refractivity contribution in [1.82, 2.24) is 10.2 Å². The summed E-state index contributed by atoms with van der Waals surface area (Å²) in [4.78, 5) is 15.4. The third kappa shape index (κ3) is 4.04. The fraction of sp³-hybridized carbons (Fsp3) is 0.643. The van der Waals surface area contributed by atoms with Crippen molar-refractivity contribution < 1.29 is 4.79 Å². The van der Waals surface area contributed by atoms with Crippen LogP contribution in [0.2, 0.25) is 0 Å². The van der Waals surface area contributed by atoms with E-state index in [4.69, 9.17) is 0 Å². The van der Waals surface area contributed by atoms with Crippen LogP contribution in [0.5, 0.6) is 0 Å². The topological polar surface area (TPSA) is 32.3 Å². The molecule has 1 amide bonds. The lowest BCUT2D eigenvalue weighted by atomic mass is 10.0. The highest BCUT2D eigenvalue weighted by Crippen LogP contribution is 2.24. The van der Waals surface area contributed by atoms with Crippen LogP contribution >= 0.6 is 27.3 Å². The van der Waals surface area contributed by atoms with Crippen molar-refractivity contribution in [3.63, 3.8) is 0 Å². The summed E-state index contributed by atoms with van der Waals surface area (Å²) in [6.07, 6.45) is 3.69. The van der Waals surface area contributed by atoms with E-state index in [1.54, 1.807) is 0 Å². The van der Waals surface area contributed by atoms with E-state index in [1.807, 2.05) is 17.0 Å². The second-order valence-electron chi connectivity index (χ2n) is 5.30. The molecule has 0 radical (unpaired) electrons. The number of nitrogens with zero attached hydrogens (tertiary/aromatic N) is 1. The first-order valence-corrected chi connectivity index (χ1v) is 8.48. The Kier molecular flexibility index (Phi) is 5.42. The molecule has 2 rings (SSSR count). The summed E-state index contributed by atoms with van der Waals surface area (Å²) in [6.45, 7) is 6.06. The zero-order chi connectivity index (χ0) is 13.8. The number of halogens is 1. The van der Waals surface area contributed by atoms with Gasteiger partial charge in [-0.25, -0.2) is 0 Å². The molecule has 5 heteroatoms. The molecule has 1 atom stereocenters. The third-order valence-corrected chi connectivity index (χ3v) is 5.11. The Morgan fingerprint density at radius 3 is 2.84 bits per heavy atom. The van der Waals surface area contributed by atoms with Gasteiger partial charge in [0.1, 0.15) is 0 Å². The molecule has 1 fully saturated rings. The first kappa shape index (κ1) is 15.0. The quantitative estimate of drug-likeness (QED) is 0.906. The summed E-state index contributed by atoms with van der Waals surface area (Å²) in [5, 5.41) is 3.52. The van der Waals surface area contributed by atoms with Crippen molar-refractivity contribution in [2.45, 2.75) is 45.2 Å². The molecule has 1 aliphatic heterocycles. The van der Waals surface area contributed by atoms with E-state index in [9.17, 15) is 4.79 Å². The molecule has 0 spiro atoms. The number of rotatable bonds is 4. The van der Waals surface area contributed by atoms with Gasteiger partial charge in [0, 0.05) is 18.6 Å². The van der Waals surface area contributed by atoms with Crippen LogP contribution in [0.25, 0.3) is 0 Å². The Hall–Kier alpha value is -0.390. The summed E-state index contributed by atoms with van der Waals surface area (Å²) in [7, 11) is 0. The molecule has 1 N–H and O–H groups in total. The lowest BCUT2D eigenvalue weighted by molar-refractivity contribution is 0.0682. The predicted octanol–water partition coefficient (Wildman–Crippen LogP) is 3.50. The van der Waals surface area contributed by atoms with Gasteiger partial charge in [0.05, 0.1) is 8.66 Å². The van der Waals surface area contributed by atoms with Gasteiger partial charge >= 0.3 is 0 Å². The fourth-order valence-corrected chi connectivity index (χ4v) is 3.76. The number of nitrogens with one attached hydrogen (secondary N) is 1. The third-order valence-electron chi connectivity index (χ3n) is 3.50. The largest absolute Gasteiger partial charge is 0.334 e. The molecule has 0 saturated carbocycles. The van der Waals surface area contributed by atoms with Gasteiger partial charge < -0.3 is 10.2 Å². The Labute approximate surface area is 127 Å². The number of amides is 1. The number of piperidine rings is 1. The van der Waals surface area contributed by atoms with Crippen molar-refractivity contribution in [1.29, 1.82) is 0 Å². The second kappa shape index (κ2) is 6.86.